The third-order valence-corrected chi connectivity index (χ3v) is 1.53. The molecule has 0 bridgehead atoms. The minimum Gasteiger partial charge on any atom is -0.487 e. The van der Waals surface area contributed by atoms with Gasteiger partial charge in [0.1, 0.15) is 12.4 Å². The Hall–Kier alpha value is -1.51. The van der Waals surface area contributed by atoms with Crippen LogP contribution in [-0.2, 0) is 0 Å². The summed E-state index contributed by atoms with van der Waals surface area (Å²) in [5, 5.41) is 0. The first-order valence-electron chi connectivity index (χ1n) is 3.39. The van der Waals surface area contributed by atoms with Gasteiger partial charge in [0.05, 0.1) is 5.69 Å². The summed E-state index contributed by atoms with van der Waals surface area (Å²) in [5.74, 6) is 0.743. The van der Waals surface area contributed by atoms with Crippen LogP contribution in [0, 0.1) is 0 Å². The van der Waals surface area contributed by atoms with Crippen molar-refractivity contribution in [1.29, 1.82) is 0 Å². The summed E-state index contributed by atoms with van der Waals surface area (Å²) in [4.78, 5) is 13.5. The van der Waals surface area contributed by atoms with Crippen molar-refractivity contribution in [3.05, 3.63) is 34.3 Å². The van der Waals surface area contributed by atoms with E-state index in [1.54, 1.807) is 6.07 Å². The lowest BCUT2D eigenvalue weighted by Crippen LogP contribution is -2.09. The van der Waals surface area contributed by atoms with E-state index >= 15 is 0 Å². The molecule has 0 unspecified atom stereocenters. The van der Waals surface area contributed by atoms with Crippen LogP contribution in [0.1, 0.15) is 5.69 Å². The maximum atomic E-state index is 10.8. The summed E-state index contributed by atoms with van der Waals surface area (Å²) in [6.07, 6.45) is 3.71. The van der Waals surface area contributed by atoms with E-state index in [9.17, 15) is 4.79 Å². The van der Waals surface area contributed by atoms with Crippen LogP contribution in [0.25, 0.3) is 6.08 Å². The molecule has 3 heteroatoms. The Morgan fingerprint density at radius 3 is 3.27 bits per heavy atom. The van der Waals surface area contributed by atoms with Crippen molar-refractivity contribution in [2.45, 2.75) is 0 Å². The smallest absolute Gasteiger partial charge is 0.248 e. The van der Waals surface area contributed by atoms with E-state index in [4.69, 9.17) is 4.74 Å². The highest BCUT2D eigenvalue weighted by molar-refractivity contribution is 5.54. The lowest BCUT2D eigenvalue weighted by molar-refractivity contribution is 0.356. The Kier molecular flexibility index (Phi) is 1.28. The molecule has 0 aromatic carbocycles. The first kappa shape index (κ1) is 6.22. The van der Waals surface area contributed by atoms with Crippen molar-refractivity contribution in [3.63, 3.8) is 0 Å². The number of H-pyrrole nitrogens is 1. The summed E-state index contributed by atoms with van der Waals surface area (Å²) in [7, 11) is 0. The molecule has 0 aliphatic carbocycles. The molecule has 0 saturated carbocycles. The van der Waals surface area contributed by atoms with E-state index in [0.29, 0.717) is 6.61 Å². The topological polar surface area (TPSA) is 42.1 Å². The molecule has 1 aliphatic heterocycles. The average molecular weight is 149 g/mol. The fourth-order valence-electron chi connectivity index (χ4n) is 1.03. The lowest BCUT2D eigenvalue weighted by Gasteiger charge is -2.10. The number of hydrogen-bond donors (Lipinski definition) is 1. The van der Waals surface area contributed by atoms with E-state index in [1.807, 2.05) is 12.2 Å². The number of pyridine rings is 1. The number of nitrogens with one attached hydrogen (secondary N) is 1. The van der Waals surface area contributed by atoms with Crippen LogP contribution in [-0.4, -0.2) is 11.6 Å². The van der Waals surface area contributed by atoms with Crippen LogP contribution in [0.15, 0.2) is 23.0 Å². The monoisotopic (exact) mass is 149 g/mol. The molecule has 2 heterocycles. The quantitative estimate of drug-likeness (QED) is 0.592. The van der Waals surface area contributed by atoms with E-state index in [0.717, 1.165) is 11.4 Å². The van der Waals surface area contributed by atoms with E-state index in [2.05, 4.69) is 4.98 Å². The van der Waals surface area contributed by atoms with Gasteiger partial charge < -0.3 is 9.72 Å². The normalized spacial score (nSPS) is 13.8. The highest BCUT2D eigenvalue weighted by atomic mass is 16.5. The number of aromatic amines is 1. The van der Waals surface area contributed by atoms with Crippen LogP contribution >= 0.6 is 0 Å². The van der Waals surface area contributed by atoms with Gasteiger partial charge in [0.15, 0.2) is 0 Å². The Morgan fingerprint density at radius 2 is 2.36 bits per heavy atom. The SMILES string of the molecule is O=c1ccc2c([nH]1)C=CCO2. The molecule has 1 N–H and O–H groups in total. The largest absolute Gasteiger partial charge is 0.487 e. The molecular weight excluding hydrogens is 142 g/mol. The summed E-state index contributed by atoms with van der Waals surface area (Å²) in [5.41, 5.74) is 0.655. The van der Waals surface area contributed by atoms with Crippen LogP contribution < -0.4 is 10.3 Å². The molecular formula is C8H7NO2. The van der Waals surface area contributed by atoms with Gasteiger partial charge in [0, 0.05) is 6.07 Å². The number of ether oxygens (including phenoxy) is 1. The van der Waals surface area contributed by atoms with Crippen LogP contribution in [0.2, 0.25) is 0 Å². The Balaban J connectivity index is 2.63. The third-order valence-electron chi connectivity index (χ3n) is 1.53. The van der Waals surface area contributed by atoms with Crippen molar-refractivity contribution in [1.82, 2.24) is 4.98 Å². The second-order valence-electron chi connectivity index (χ2n) is 2.31. The second kappa shape index (κ2) is 2.27. The van der Waals surface area contributed by atoms with Gasteiger partial charge in [-0.1, -0.05) is 0 Å². The molecule has 0 fully saturated rings. The molecule has 0 amide bonds. The Morgan fingerprint density at radius 1 is 1.45 bits per heavy atom. The van der Waals surface area contributed by atoms with Crippen molar-refractivity contribution in [2.75, 3.05) is 6.61 Å². The zero-order valence-corrected chi connectivity index (χ0v) is 5.83. The number of fused-ring (bicyclic) bond motifs is 1. The van der Waals surface area contributed by atoms with Crippen molar-refractivity contribution in [3.8, 4) is 5.75 Å². The highest BCUT2D eigenvalue weighted by Gasteiger charge is 2.03. The van der Waals surface area contributed by atoms with Crippen LogP contribution in [0.4, 0.5) is 0 Å². The molecule has 0 spiro atoms. The highest BCUT2D eigenvalue weighted by Crippen LogP contribution is 2.18. The minimum absolute atomic E-state index is 0.0982. The summed E-state index contributed by atoms with van der Waals surface area (Å²) in [6.45, 7) is 0.582. The van der Waals surface area contributed by atoms with E-state index in [-0.39, 0.29) is 5.56 Å². The molecule has 0 atom stereocenters. The van der Waals surface area contributed by atoms with Crippen LogP contribution in [0.3, 0.4) is 0 Å². The summed E-state index contributed by atoms with van der Waals surface area (Å²) < 4.78 is 5.22. The summed E-state index contributed by atoms with van der Waals surface area (Å²) in [6, 6.07) is 3.13. The number of aromatic nitrogens is 1. The summed E-state index contributed by atoms with van der Waals surface area (Å²) >= 11 is 0. The first-order valence-corrected chi connectivity index (χ1v) is 3.39. The van der Waals surface area contributed by atoms with Crippen molar-refractivity contribution >= 4 is 6.08 Å². The molecule has 1 aromatic heterocycles. The Labute approximate surface area is 63.3 Å². The maximum absolute atomic E-state index is 10.8. The van der Waals surface area contributed by atoms with Gasteiger partial charge in [-0.15, -0.1) is 0 Å². The third kappa shape index (κ3) is 1.05. The fourth-order valence-corrected chi connectivity index (χ4v) is 1.03. The van der Waals surface area contributed by atoms with E-state index in [1.165, 1.54) is 6.07 Å². The van der Waals surface area contributed by atoms with Gasteiger partial charge in [0.25, 0.3) is 0 Å². The molecule has 1 aliphatic rings. The fraction of sp³-hybridized carbons (Fsp3) is 0.125. The predicted octanol–water partition coefficient (Wildman–Crippen LogP) is 0.780. The molecule has 2 rings (SSSR count). The Bertz CT molecular complexity index is 351. The van der Waals surface area contributed by atoms with Gasteiger partial charge in [-0.2, -0.15) is 0 Å². The van der Waals surface area contributed by atoms with Gasteiger partial charge in [-0.05, 0) is 18.2 Å². The molecule has 3 nitrogen and oxygen atoms in total. The van der Waals surface area contributed by atoms with Gasteiger partial charge >= 0.3 is 0 Å². The van der Waals surface area contributed by atoms with Crippen molar-refractivity contribution < 1.29 is 4.74 Å². The molecule has 11 heavy (non-hydrogen) atoms. The van der Waals surface area contributed by atoms with Crippen LogP contribution in [0.5, 0.6) is 5.75 Å². The lowest BCUT2D eigenvalue weighted by atomic mass is 10.2. The average Bonchev–Trinajstić information content (AvgIpc) is 2.04. The maximum Gasteiger partial charge on any atom is 0.248 e. The molecule has 1 aromatic rings. The number of hydrogen-bond acceptors (Lipinski definition) is 2. The zero-order valence-electron chi connectivity index (χ0n) is 5.83. The minimum atomic E-state index is -0.0982. The molecule has 56 valence electrons. The standard InChI is InChI=1S/C8H7NO2/c10-8-4-3-7-6(9-8)2-1-5-11-7/h1-4H,5H2,(H,9,10). The van der Waals surface area contributed by atoms with Gasteiger partial charge in [-0.3, -0.25) is 4.79 Å². The van der Waals surface area contributed by atoms with Gasteiger partial charge in [-0.25, -0.2) is 0 Å². The van der Waals surface area contributed by atoms with Crippen molar-refractivity contribution in [2.24, 2.45) is 0 Å². The first-order chi connectivity index (χ1) is 5.36. The molecule has 0 radical (unpaired) electrons. The van der Waals surface area contributed by atoms with E-state index < -0.39 is 0 Å². The zero-order chi connectivity index (χ0) is 7.68. The molecule has 0 saturated heterocycles. The van der Waals surface area contributed by atoms with Gasteiger partial charge in [0.2, 0.25) is 5.56 Å². The number of rotatable bonds is 0. The predicted molar refractivity (Wildman–Crippen MR) is 41.6 cm³/mol. The second-order valence-corrected chi connectivity index (χ2v) is 2.31.